The number of rotatable bonds is 3. The zero-order chi connectivity index (χ0) is 17.9. The molecule has 0 spiro atoms. The third-order valence-corrected chi connectivity index (χ3v) is 4.73. The number of carbonyl (C=O) groups excluding carboxylic acids is 1. The van der Waals surface area contributed by atoms with Gasteiger partial charge >= 0.3 is 6.18 Å². The van der Waals surface area contributed by atoms with Crippen molar-refractivity contribution in [3.63, 3.8) is 0 Å². The van der Waals surface area contributed by atoms with E-state index in [0.29, 0.717) is 25.0 Å². The van der Waals surface area contributed by atoms with Gasteiger partial charge in [-0.2, -0.15) is 13.2 Å². The largest absolute Gasteiger partial charge is 0.393 e. The van der Waals surface area contributed by atoms with Gasteiger partial charge in [0.05, 0.1) is 5.92 Å². The molecule has 2 aliphatic rings. The van der Waals surface area contributed by atoms with Gasteiger partial charge in [-0.1, -0.05) is 42.0 Å². The molecule has 5 heteroatoms. The summed E-state index contributed by atoms with van der Waals surface area (Å²) in [5.41, 5.74) is 2.69. The summed E-state index contributed by atoms with van der Waals surface area (Å²) in [6, 6.07) is 9.92. The van der Waals surface area contributed by atoms with Crippen LogP contribution in [0, 0.1) is 12.3 Å². The van der Waals surface area contributed by atoms with Crippen molar-refractivity contribution in [3.8, 4) is 0 Å². The van der Waals surface area contributed by atoms with Crippen molar-refractivity contribution >= 4 is 5.91 Å². The van der Waals surface area contributed by atoms with Crippen molar-refractivity contribution in [1.82, 2.24) is 4.90 Å². The topological polar surface area (TPSA) is 20.3 Å². The first-order chi connectivity index (χ1) is 11.9. The predicted octanol–water partition coefficient (Wildman–Crippen LogP) is 4.49. The van der Waals surface area contributed by atoms with Gasteiger partial charge < -0.3 is 4.90 Å². The van der Waals surface area contributed by atoms with E-state index in [4.69, 9.17) is 0 Å². The monoisotopic (exact) mass is 348 g/mol. The number of alkyl halides is 3. The van der Waals surface area contributed by atoms with E-state index < -0.39 is 12.1 Å². The summed E-state index contributed by atoms with van der Waals surface area (Å²) < 4.78 is 38.9. The molecule has 0 N–H and O–H groups in total. The van der Waals surface area contributed by atoms with Gasteiger partial charge in [0, 0.05) is 18.7 Å². The molecule has 1 saturated heterocycles. The van der Waals surface area contributed by atoms with E-state index >= 15 is 0 Å². The average Bonchev–Trinajstić information content (AvgIpc) is 2.61. The maximum Gasteiger partial charge on any atom is 0.393 e. The average molecular weight is 348 g/mol. The van der Waals surface area contributed by atoms with E-state index in [2.05, 4.69) is 6.42 Å². The number of amides is 1. The number of piperidine rings is 1. The highest BCUT2D eigenvalue weighted by molar-refractivity contribution is 5.96. The highest BCUT2D eigenvalue weighted by Gasteiger charge is 2.42. The van der Waals surface area contributed by atoms with Gasteiger partial charge in [-0.25, -0.2) is 0 Å². The summed E-state index contributed by atoms with van der Waals surface area (Å²) in [7, 11) is 0. The zero-order valence-electron chi connectivity index (χ0n) is 13.9. The summed E-state index contributed by atoms with van der Waals surface area (Å²) in [6.45, 7) is 0.166. The van der Waals surface area contributed by atoms with Crippen LogP contribution in [0.25, 0.3) is 0 Å². The van der Waals surface area contributed by atoms with E-state index in [1.807, 2.05) is 36.4 Å². The Bertz CT molecular complexity index is 676. The lowest BCUT2D eigenvalue weighted by molar-refractivity contribution is -0.187. The molecule has 1 aliphatic carbocycles. The van der Waals surface area contributed by atoms with Crippen LogP contribution in [0.1, 0.15) is 24.8 Å². The van der Waals surface area contributed by atoms with Gasteiger partial charge in [-0.05, 0) is 43.7 Å². The van der Waals surface area contributed by atoms with Crippen LogP contribution in [0.15, 0.2) is 53.6 Å². The fourth-order valence-corrected chi connectivity index (χ4v) is 3.37. The van der Waals surface area contributed by atoms with E-state index in [1.54, 1.807) is 6.08 Å². The van der Waals surface area contributed by atoms with Crippen LogP contribution in [0.3, 0.4) is 0 Å². The second-order valence-electron chi connectivity index (χ2n) is 6.61. The van der Waals surface area contributed by atoms with Crippen LogP contribution in [0.2, 0.25) is 0 Å². The molecule has 1 aliphatic heterocycles. The number of allylic oxidation sites excluding steroid dienone is 2. The number of hydrogen-bond donors (Lipinski definition) is 0. The van der Waals surface area contributed by atoms with Crippen LogP contribution >= 0.6 is 0 Å². The molecule has 1 heterocycles. The molecule has 2 nitrogen and oxygen atoms in total. The van der Waals surface area contributed by atoms with Crippen LogP contribution in [-0.4, -0.2) is 30.1 Å². The molecule has 1 amide bonds. The smallest absolute Gasteiger partial charge is 0.338 e. The molecule has 133 valence electrons. The maximum atomic E-state index is 13.0. The first-order valence-corrected chi connectivity index (χ1v) is 8.57. The molecule has 0 saturated carbocycles. The van der Waals surface area contributed by atoms with Gasteiger partial charge in [0.2, 0.25) is 0 Å². The minimum absolute atomic E-state index is 0.106. The molecule has 1 unspecified atom stereocenters. The van der Waals surface area contributed by atoms with E-state index in [0.717, 1.165) is 17.6 Å². The molecule has 3 rings (SSSR count). The molecule has 0 bridgehead atoms. The molecule has 1 atom stereocenters. The van der Waals surface area contributed by atoms with Gasteiger partial charge in [0.1, 0.15) is 0 Å². The van der Waals surface area contributed by atoms with Crippen molar-refractivity contribution in [2.75, 3.05) is 13.1 Å². The molecule has 1 radical (unpaired) electrons. The number of carbonyl (C=O) groups is 1. The predicted molar refractivity (Wildman–Crippen MR) is 90.6 cm³/mol. The fraction of sp³-hybridized carbons (Fsp3) is 0.400. The summed E-state index contributed by atoms with van der Waals surface area (Å²) in [5.74, 6) is -1.69. The van der Waals surface area contributed by atoms with E-state index in [-0.39, 0.29) is 18.9 Å². The van der Waals surface area contributed by atoms with Gasteiger partial charge in [-0.15, -0.1) is 0 Å². The first-order valence-electron chi connectivity index (χ1n) is 8.57. The Morgan fingerprint density at radius 3 is 2.68 bits per heavy atom. The minimum atomic E-state index is -4.23. The highest BCUT2D eigenvalue weighted by Crippen LogP contribution is 2.34. The lowest BCUT2D eigenvalue weighted by atomic mass is 9.92. The van der Waals surface area contributed by atoms with E-state index in [9.17, 15) is 18.0 Å². The molecule has 1 fully saturated rings. The summed E-state index contributed by atoms with van der Waals surface area (Å²) in [5, 5.41) is 0. The normalized spacial score (nSPS) is 21.6. The number of likely N-dealkylation sites (tertiary alicyclic amines) is 1. The van der Waals surface area contributed by atoms with Crippen molar-refractivity contribution in [3.05, 3.63) is 65.6 Å². The van der Waals surface area contributed by atoms with Crippen LogP contribution in [0.5, 0.6) is 0 Å². The number of benzene rings is 1. The van der Waals surface area contributed by atoms with Crippen LogP contribution in [-0.2, 0) is 11.2 Å². The van der Waals surface area contributed by atoms with Crippen LogP contribution < -0.4 is 0 Å². The standard InChI is InChI=1S/C20H21F3NO/c21-20(22,23)18-10-5-11-24(14-18)19(25)17-9-4-8-16(13-17)12-15-6-2-1-3-7-15/h1-3,6-9,13,18H,4-5,10-12,14H2. The first kappa shape index (κ1) is 17.8. The Morgan fingerprint density at radius 2 is 1.96 bits per heavy atom. The minimum Gasteiger partial charge on any atom is -0.338 e. The molecule has 1 aromatic carbocycles. The number of halogens is 3. The molecule has 25 heavy (non-hydrogen) atoms. The second kappa shape index (κ2) is 7.46. The molecule has 0 aromatic heterocycles. The van der Waals surface area contributed by atoms with Crippen molar-refractivity contribution in [2.45, 2.75) is 31.9 Å². The number of hydrogen-bond acceptors (Lipinski definition) is 1. The fourth-order valence-electron chi connectivity index (χ4n) is 3.37. The van der Waals surface area contributed by atoms with Gasteiger partial charge in [-0.3, -0.25) is 4.79 Å². The highest BCUT2D eigenvalue weighted by atomic mass is 19.4. The lowest BCUT2D eigenvalue weighted by Gasteiger charge is -2.34. The van der Waals surface area contributed by atoms with Crippen molar-refractivity contribution in [2.24, 2.45) is 5.92 Å². The zero-order valence-corrected chi connectivity index (χ0v) is 13.9. The Labute approximate surface area is 146 Å². The lowest BCUT2D eigenvalue weighted by Crippen LogP contribution is -2.45. The quantitative estimate of drug-likeness (QED) is 0.788. The summed E-state index contributed by atoms with van der Waals surface area (Å²) >= 11 is 0. The molecular formula is C20H21F3NO. The summed E-state index contributed by atoms with van der Waals surface area (Å²) in [6.07, 6.45) is 3.29. The van der Waals surface area contributed by atoms with Crippen molar-refractivity contribution in [1.29, 1.82) is 0 Å². The Morgan fingerprint density at radius 1 is 1.20 bits per heavy atom. The second-order valence-corrected chi connectivity index (χ2v) is 6.61. The molecular weight excluding hydrogens is 327 g/mol. The SMILES string of the molecule is O=C(C1=CC[CH]C(Cc2ccccc2)=C1)N1CCCC(C(F)(F)F)C1. The Balaban J connectivity index is 1.68. The van der Waals surface area contributed by atoms with Crippen LogP contribution in [0.4, 0.5) is 13.2 Å². The third kappa shape index (κ3) is 4.53. The Hall–Kier alpha value is -2.04. The Kier molecular flexibility index (Phi) is 5.30. The summed E-state index contributed by atoms with van der Waals surface area (Å²) in [4.78, 5) is 14.0. The third-order valence-electron chi connectivity index (χ3n) is 4.73. The van der Waals surface area contributed by atoms with Gasteiger partial charge in [0.15, 0.2) is 0 Å². The molecule has 1 aromatic rings. The van der Waals surface area contributed by atoms with Gasteiger partial charge in [0.25, 0.3) is 5.91 Å². The van der Waals surface area contributed by atoms with E-state index in [1.165, 1.54) is 4.90 Å². The van der Waals surface area contributed by atoms with Crippen molar-refractivity contribution < 1.29 is 18.0 Å². The number of nitrogens with zero attached hydrogens (tertiary/aromatic N) is 1. The maximum absolute atomic E-state index is 13.0.